The van der Waals surface area contributed by atoms with Crippen LogP contribution in [0.4, 0.5) is 0 Å². The van der Waals surface area contributed by atoms with E-state index in [4.69, 9.17) is 9.47 Å². The smallest absolute Gasteiger partial charge is 0.157 e. The second-order valence-electron chi connectivity index (χ2n) is 13.8. The van der Waals surface area contributed by atoms with E-state index in [1.54, 1.807) is 7.11 Å². The molecule has 1 saturated heterocycles. The monoisotopic (exact) mass is 432 g/mol. The Labute approximate surface area is 188 Å². The standard InChI is InChI=1S/C27H44O4/c1-15-11-20(30-6)31-17-13-25(5)22-16(28)12-18-23(2,3)19(29)7-8-26(18)14-27(22,26)10-9-24(25,4)21(15)17/h15-22,28-29H,7-14H2,1-6H3/t15-,16+,17-,18+,19+,20-,21+,22+,24-,25+,26-,27+/m1/s1. The van der Waals surface area contributed by atoms with Crippen LogP contribution in [0.3, 0.4) is 0 Å². The van der Waals surface area contributed by atoms with Gasteiger partial charge in [-0.3, -0.25) is 0 Å². The first kappa shape index (κ1) is 21.4. The number of methoxy groups -OCH3 is 1. The van der Waals surface area contributed by atoms with Gasteiger partial charge in [-0.05, 0) is 95.7 Å². The van der Waals surface area contributed by atoms with Crippen molar-refractivity contribution >= 4 is 0 Å². The summed E-state index contributed by atoms with van der Waals surface area (Å²) in [7, 11) is 1.77. The van der Waals surface area contributed by atoms with E-state index in [-0.39, 0.29) is 46.3 Å². The largest absolute Gasteiger partial charge is 0.393 e. The molecule has 4 nitrogen and oxygen atoms in total. The predicted octanol–water partition coefficient (Wildman–Crippen LogP) is 4.76. The Morgan fingerprint density at radius 1 is 0.935 bits per heavy atom. The fourth-order valence-electron chi connectivity index (χ4n) is 11.4. The molecule has 6 aliphatic rings. The Morgan fingerprint density at radius 3 is 2.39 bits per heavy atom. The minimum Gasteiger partial charge on any atom is -0.393 e. The summed E-state index contributed by atoms with van der Waals surface area (Å²) in [5.41, 5.74) is 0.846. The third-order valence-electron chi connectivity index (χ3n) is 12.9. The summed E-state index contributed by atoms with van der Waals surface area (Å²) in [5.74, 6) is 1.96. The third-order valence-corrected chi connectivity index (χ3v) is 12.9. The Morgan fingerprint density at radius 2 is 1.68 bits per heavy atom. The Bertz CT molecular complexity index is 781. The van der Waals surface area contributed by atoms with Gasteiger partial charge in [-0.2, -0.15) is 0 Å². The fraction of sp³-hybridized carbons (Fsp3) is 1.00. The molecule has 31 heavy (non-hydrogen) atoms. The topological polar surface area (TPSA) is 58.9 Å². The van der Waals surface area contributed by atoms with E-state index < -0.39 is 0 Å². The lowest BCUT2D eigenvalue weighted by molar-refractivity contribution is -0.220. The van der Waals surface area contributed by atoms with E-state index >= 15 is 0 Å². The average molecular weight is 433 g/mol. The van der Waals surface area contributed by atoms with Gasteiger partial charge in [0.1, 0.15) is 0 Å². The van der Waals surface area contributed by atoms with Gasteiger partial charge in [0, 0.05) is 13.5 Å². The number of fused-ring (bicyclic) bond motifs is 4. The van der Waals surface area contributed by atoms with Crippen LogP contribution in [-0.2, 0) is 9.47 Å². The lowest BCUT2D eigenvalue weighted by atomic mass is 9.41. The van der Waals surface area contributed by atoms with Gasteiger partial charge in [-0.15, -0.1) is 0 Å². The molecule has 1 aliphatic heterocycles. The first-order chi connectivity index (χ1) is 14.5. The van der Waals surface area contributed by atoms with Gasteiger partial charge < -0.3 is 19.7 Å². The molecule has 176 valence electrons. The van der Waals surface area contributed by atoms with Crippen LogP contribution in [0.1, 0.15) is 86.0 Å². The number of hydrogen-bond donors (Lipinski definition) is 2. The van der Waals surface area contributed by atoms with Crippen molar-refractivity contribution in [3.05, 3.63) is 0 Å². The van der Waals surface area contributed by atoms with Gasteiger partial charge in [0.2, 0.25) is 0 Å². The number of hydrogen-bond acceptors (Lipinski definition) is 4. The van der Waals surface area contributed by atoms with Gasteiger partial charge >= 0.3 is 0 Å². The van der Waals surface area contributed by atoms with E-state index in [0.29, 0.717) is 29.1 Å². The second-order valence-corrected chi connectivity index (χ2v) is 13.8. The molecule has 6 rings (SSSR count). The normalized spacial score (nSPS) is 63.9. The lowest BCUT2D eigenvalue weighted by Crippen LogP contribution is -2.61. The highest BCUT2D eigenvalue weighted by atomic mass is 16.7. The van der Waals surface area contributed by atoms with Crippen molar-refractivity contribution in [1.82, 2.24) is 0 Å². The number of ether oxygens (including phenoxy) is 2. The van der Waals surface area contributed by atoms with Crippen molar-refractivity contribution in [3.8, 4) is 0 Å². The van der Waals surface area contributed by atoms with E-state index in [9.17, 15) is 10.2 Å². The van der Waals surface area contributed by atoms with Crippen molar-refractivity contribution < 1.29 is 19.7 Å². The second kappa shape index (κ2) is 6.09. The van der Waals surface area contributed by atoms with E-state index in [1.165, 1.54) is 19.3 Å². The summed E-state index contributed by atoms with van der Waals surface area (Å²) >= 11 is 0. The van der Waals surface area contributed by atoms with E-state index in [0.717, 1.165) is 32.1 Å². The molecule has 0 aromatic carbocycles. The van der Waals surface area contributed by atoms with Crippen LogP contribution >= 0.6 is 0 Å². The van der Waals surface area contributed by atoms with Crippen LogP contribution in [0.5, 0.6) is 0 Å². The van der Waals surface area contributed by atoms with Crippen molar-refractivity contribution in [2.75, 3.05) is 7.11 Å². The molecule has 6 fully saturated rings. The highest BCUT2D eigenvalue weighted by Gasteiger charge is 2.84. The molecule has 1 heterocycles. The van der Waals surface area contributed by atoms with Crippen LogP contribution in [0, 0.1) is 50.7 Å². The van der Waals surface area contributed by atoms with Gasteiger partial charge in [0.05, 0.1) is 18.3 Å². The summed E-state index contributed by atoms with van der Waals surface area (Å²) in [6.07, 6.45) is 8.49. The predicted molar refractivity (Wildman–Crippen MR) is 119 cm³/mol. The van der Waals surface area contributed by atoms with Crippen molar-refractivity contribution in [2.45, 2.75) is 111 Å². The fourth-order valence-corrected chi connectivity index (χ4v) is 11.4. The van der Waals surface area contributed by atoms with E-state index in [1.807, 2.05) is 0 Å². The molecule has 0 bridgehead atoms. The third kappa shape index (κ3) is 2.23. The Hall–Kier alpha value is -0.160. The van der Waals surface area contributed by atoms with Gasteiger partial charge in [-0.1, -0.05) is 34.6 Å². The minimum atomic E-state index is -0.261. The number of aliphatic hydroxyl groups is 2. The first-order valence-corrected chi connectivity index (χ1v) is 13.0. The maximum absolute atomic E-state index is 11.8. The van der Waals surface area contributed by atoms with Crippen LogP contribution < -0.4 is 0 Å². The zero-order valence-corrected chi connectivity index (χ0v) is 20.5. The summed E-state index contributed by atoms with van der Waals surface area (Å²) in [6.45, 7) is 12.0. The Kier molecular flexibility index (Phi) is 4.20. The molecular formula is C27H44O4. The minimum absolute atomic E-state index is 0.0777. The van der Waals surface area contributed by atoms with Crippen molar-refractivity contribution in [2.24, 2.45) is 50.7 Å². The molecule has 5 aliphatic carbocycles. The molecule has 12 atom stereocenters. The molecule has 0 radical (unpaired) electrons. The molecule has 2 N–H and O–H groups in total. The SMILES string of the molecule is CO[C@H]1C[C@@H](C)[C@H]2[C@@H](C[C@@]3(C)[C@@H]4[C@@H](O)C[C@H]5C(C)(C)[C@@H](O)CC[C@@]56C[C@@]46CC[C@]23C)O1. The zero-order valence-electron chi connectivity index (χ0n) is 20.5. The van der Waals surface area contributed by atoms with E-state index in [2.05, 4.69) is 34.6 Å². The quantitative estimate of drug-likeness (QED) is 0.627. The van der Waals surface area contributed by atoms with Crippen molar-refractivity contribution in [3.63, 3.8) is 0 Å². The van der Waals surface area contributed by atoms with Crippen LogP contribution in [-0.4, -0.2) is 41.9 Å². The highest BCUT2D eigenvalue weighted by Crippen LogP contribution is 2.89. The van der Waals surface area contributed by atoms with Crippen LogP contribution in [0.25, 0.3) is 0 Å². The maximum Gasteiger partial charge on any atom is 0.157 e. The molecule has 0 aromatic heterocycles. The zero-order chi connectivity index (χ0) is 22.2. The molecule has 5 saturated carbocycles. The Balaban J connectivity index is 1.41. The summed E-state index contributed by atoms with van der Waals surface area (Å²) in [5, 5.41) is 22.7. The van der Waals surface area contributed by atoms with Crippen LogP contribution in [0.15, 0.2) is 0 Å². The molecule has 4 heteroatoms. The number of aliphatic hydroxyl groups excluding tert-OH is 2. The van der Waals surface area contributed by atoms with Crippen molar-refractivity contribution in [1.29, 1.82) is 0 Å². The van der Waals surface area contributed by atoms with Gasteiger partial charge in [0.15, 0.2) is 6.29 Å². The highest BCUT2D eigenvalue weighted by molar-refractivity contribution is 5.32. The van der Waals surface area contributed by atoms with Gasteiger partial charge in [0.25, 0.3) is 0 Å². The number of rotatable bonds is 1. The lowest BCUT2D eigenvalue weighted by Gasteiger charge is -2.64. The summed E-state index contributed by atoms with van der Waals surface area (Å²) in [4.78, 5) is 0. The maximum atomic E-state index is 11.8. The summed E-state index contributed by atoms with van der Waals surface area (Å²) < 4.78 is 12.2. The molecule has 2 spiro atoms. The molecule has 0 aromatic rings. The van der Waals surface area contributed by atoms with Crippen LogP contribution in [0.2, 0.25) is 0 Å². The average Bonchev–Trinajstić information content (AvgIpc) is 3.28. The molecule has 0 unspecified atom stereocenters. The molecule has 0 amide bonds. The summed E-state index contributed by atoms with van der Waals surface area (Å²) in [6, 6.07) is 0. The van der Waals surface area contributed by atoms with Gasteiger partial charge in [-0.25, -0.2) is 0 Å². The first-order valence-electron chi connectivity index (χ1n) is 13.0. The molecular weight excluding hydrogens is 388 g/mol.